The second kappa shape index (κ2) is 6.56. The number of hydrogen-bond acceptors (Lipinski definition) is 6. The summed E-state index contributed by atoms with van der Waals surface area (Å²) in [6, 6.07) is 10.0. The third-order valence-corrected chi connectivity index (χ3v) is 4.06. The van der Waals surface area contributed by atoms with Gasteiger partial charge in [-0.2, -0.15) is 5.10 Å². The maximum absolute atomic E-state index is 13.4. The number of carbonyl (C=O) groups excluding carboxylic acids is 2. The molecule has 0 amide bonds. The Morgan fingerprint density at radius 2 is 1.96 bits per heavy atom. The summed E-state index contributed by atoms with van der Waals surface area (Å²) in [6.07, 6.45) is 1.45. The minimum Gasteiger partial charge on any atom is -0.507 e. The van der Waals surface area contributed by atoms with Crippen LogP contribution < -0.4 is 9.47 Å². The number of para-hydroxylation sites is 2. The van der Waals surface area contributed by atoms with E-state index in [9.17, 15) is 19.1 Å². The van der Waals surface area contributed by atoms with Crippen LogP contribution in [0, 0.1) is 5.82 Å². The number of phenolic OH excluding ortho intramolecular Hbond substituents is 1. The van der Waals surface area contributed by atoms with E-state index in [4.69, 9.17) is 9.47 Å². The minimum atomic E-state index is -0.926. The van der Waals surface area contributed by atoms with Gasteiger partial charge in [0.1, 0.15) is 18.2 Å². The van der Waals surface area contributed by atoms with E-state index >= 15 is 0 Å². The summed E-state index contributed by atoms with van der Waals surface area (Å²) >= 11 is 0. The van der Waals surface area contributed by atoms with E-state index in [2.05, 4.69) is 5.10 Å². The molecule has 1 N–H and O–H groups in total. The van der Waals surface area contributed by atoms with Gasteiger partial charge in [-0.15, -0.1) is 0 Å². The Hall–Kier alpha value is -3.68. The Labute approximate surface area is 152 Å². The van der Waals surface area contributed by atoms with E-state index < -0.39 is 23.6 Å². The minimum absolute atomic E-state index is 0.00364. The van der Waals surface area contributed by atoms with Gasteiger partial charge in [0, 0.05) is 6.20 Å². The molecule has 1 atom stereocenters. The highest BCUT2D eigenvalue weighted by atomic mass is 19.1. The van der Waals surface area contributed by atoms with Crippen LogP contribution in [0.25, 0.3) is 0 Å². The maximum atomic E-state index is 13.4. The molecule has 0 saturated carbocycles. The van der Waals surface area contributed by atoms with Crippen molar-refractivity contribution in [2.24, 2.45) is 0 Å². The predicted molar refractivity (Wildman–Crippen MR) is 90.7 cm³/mol. The van der Waals surface area contributed by atoms with Gasteiger partial charge in [0.05, 0.1) is 17.3 Å². The van der Waals surface area contributed by atoms with Gasteiger partial charge < -0.3 is 14.6 Å². The zero-order valence-corrected chi connectivity index (χ0v) is 13.8. The number of rotatable bonds is 3. The molecule has 0 unspecified atom stereocenters. The highest BCUT2D eigenvalue weighted by molar-refractivity contribution is 6.10. The van der Waals surface area contributed by atoms with E-state index in [1.807, 2.05) is 0 Å². The van der Waals surface area contributed by atoms with Gasteiger partial charge in [0.15, 0.2) is 17.3 Å². The van der Waals surface area contributed by atoms with Crippen LogP contribution in [0.3, 0.4) is 0 Å². The van der Waals surface area contributed by atoms with Crippen LogP contribution in [-0.4, -0.2) is 39.3 Å². The van der Waals surface area contributed by atoms with Crippen LogP contribution in [0.4, 0.5) is 4.39 Å². The van der Waals surface area contributed by atoms with E-state index in [-0.39, 0.29) is 23.5 Å². The van der Waals surface area contributed by atoms with Crippen molar-refractivity contribution in [1.82, 2.24) is 9.78 Å². The van der Waals surface area contributed by atoms with E-state index in [1.165, 1.54) is 12.4 Å². The standard InChI is InChI=1S/C19H13FN2O5/c20-12-5-6-14(23)13(7-12)18(24)11-8-21-22(9-11)19(25)17-10-26-15-3-1-2-4-16(15)27-17/h1-9,17,23H,10H2/t17-/m0/s1. The Morgan fingerprint density at radius 1 is 1.19 bits per heavy atom. The van der Waals surface area contributed by atoms with Gasteiger partial charge in [-0.3, -0.25) is 9.59 Å². The largest absolute Gasteiger partial charge is 0.507 e. The number of nitrogens with zero attached hydrogens (tertiary/aromatic N) is 2. The van der Waals surface area contributed by atoms with Gasteiger partial charge in [0.25, 0.3) is 5.91 Å². The molecule has 1 aromatic heterocycles. The van der Waals surface area contributed by atoms with Crippen molar-refractivity contribution in [2.45, 2.75) is 6.10 Å². The quantitative estimate of drug-likeness (QED) is 0.714. The number of fused-ring (bicyclic) bond motifs is 1. The molecule has 7 nitrogen and oxygen atoms in total. The zero-order valence-electron chi connectivity index (χ0n) is 13.8. The van der Waals surface area contributed by atoms with Crippen LogP contribution in [0.1, 0.15) is 20.7 Å². The number of aromatic nitrogens is 2. The van der Waals surface area contributed by atoms with E-state index in [0.717, 1.165) is 22.9 Å². The zero-order chi connectivity index (χ0) is 19.0. The number of phenols is 1. The maximum Gasteiger partial charge on any atom is 0.291 e. The molecule has 0 saturated heterocycles. The first-order chi connectivity index (χ1) is 13.0. The van der Waals surface area contributed by atoms with Gasteiger partial charge in [-0.25, -0.2) is 9.07 Å². The van der Waals surface area contributed by atoms with E-state index in [0.29, 0.717) is 11.5 Å². The van der Waals surface area contributed by atoms with Crippen molar-refractivity contribution >= 4 is 11.7 Å². The van der Waals surface area contributed by atoms with Crippen molar-refractivity contribution in [1.29, 1.82) is 0 Å². The molecule has 1 aliphatic heterocycles. The average molecular weight is 368 g/mol. The molecule has 27 heavy (non-hydrogen) atoms. The first-order valence-electron chi connectivity index (χ1n) is 8.03. The molecule has 1 aliphatic rings. The van der Waals surface area contributed by atoms with Crippen LogP contribution in [0.5, 0.6) is 17.2 Å². The highest BCUT2D eigenvalue weighted by Gasteiger charge is 2.29. The molecule has 0 radical (unpaired) electrons. The number of ketones is 1. The van der Waals surface area contributed by atoms with Crippen molar-refractivity contribution in [2.75, 3.05) is 6.61 Å². The van der Waals surface area contributed by atoms with Crippen LogP contribution in [0.2, 0.25) is 0 Å². The number of aromatic hydroxyl groups is 1. The Kier molecular flexibility index (Phi) is 4.08. The number of carbonyl (C=O) groups is 2. The summed E-state index contributed by atoms with van der Waals surface area (Å²) in [5.74, 6) is -1.22. The molecule has 0 fully saturated rings. The molecule has 4 rings (SSSR count). The summed E-state index contributed by atoms with van der Waals surface area (Å²) in [5.41, 5.74) is -0.186. The SMILES string of the molecule is O=C(c1cnn(C(=O)[C@@H]2COc3ccccc3O2)c1)c1cc(F)ccc1O. The fourth-order valence-corrected chi connectivity index (χ4v) is 2.69. The third kappa shape index (κ3) is 3.12. The molecule has 8 heteroatoms. The van der Waals surface area contributed by atoms with Gasteiger partial charge in [-0.05, 0) is 30.3 Å². The normalized spacial score (nSPS) is 15.4. The Morgan fingerprint density at radius 3 is 2.78 bits per heavy atom. The molecule has 136 valence electrons. The summed E-state index contributed by atoms with van der Waals surface area (Å²) in [7, 11) is 0. The second-order valence-corrected chi connectivity index (χ2v) is 5.87. The lowest BCUT2D eigenvalue weighted by atomic mass is 10.1. The molecule has 2 heterocycles. The lowest BCUT2D eigenvalue weighted by Gasteiger charge is -2.24. The molecule has 3 aromatic rings. The predicted octanol–water partition coefficient (Wildman–Crippen LogP) is 2.44. The molecule has 2 aromatic carbocycles. The Bertz CT molecular complexity index is 1050. The van der Waals surface area contributed by atoms with Crippen molar-refractivity contribution in [3.8, 4) is 17.2 Å². The van der Waals surface area contributed by atoms with Crippen molar-refractivity contribution in [3.63, 3.8) is 0 Å². The summed E-state index contributed by atoms with van der Waals surface area (Å²) < 4.78 is 25.4. The van der Waals surface area contributed by atoms with Gasteiger partial charge in [-0.1, -0.05) is 12.1 Å². The summed E-state index contributed by atoms with van der Waals surface area (Å²) in [6.45, 7) is 0.00364. The Balaban J connectivity index is 1.55. The molecule has 0 bridgehead atoms. The molecule has 0 spiro atoms. The van der Waals surface area contributed by atoms with Gasteiger partial charge in [0.2, 0.25) is 6.10 Å². The smallest absolute Gasteiger partial charge is 0.291 e. The second-order valence-electron chi connectivity index (χ2n) is 5.87. The van der Waals surface area contributed by atoms with E-state index in [1.54, 1.807) is 24.3 Å². The number of ether oxygens (including phenoxy) is 2. The number of hydrogen-bond donors (Lipinski definition) is 1. The fraction of sp³-hybridized carbons (Fsp3) is 0.105. The molecule has 0 aliphatic carbocycles. The number of benzene rings is 2. The fourth-order valence-electron chi connectivity index (χ4n) is 2.69. The topological polar surface area (TPSA) is 90.7 Å². The monoisotopic (exact) mass is 368 g/mol. The average Bonchev–Trinajstić information content (AvgIpc) is 3.18. The molecular weight excluding hydrogens is 355 g/mol. The first-order valence-corrected chi connectivity index (χ1v) is 8.03. The molecular formula is C19H13FN2O5. The van der Waals surface area contributed by atoms with Crippen molar-refractivity contribution < 1.29 is 28.6 Å². The number of halogens is 1. The van der Waals surface area contributed by atoms with Crippen LogP contribution in [0.15, 0.2) is 54.9 Å². The van der Waals surface area contributed by atoms with Crippen molar-refractivity contribution in [3.05, 3.63) is 71.8 Å². The van der Waals surface area contributed by atoms with Gasteiger partial charge >= 0.3 is 0 Å². The van der Waals surface area contributed by atoms with Crippen LogP contribution in [-0.2, 0) is 0 Å². The lowest BCUT2D eigenvalue weighted by Crippen LogP contribution is -2.39. The highest BCUT2D eigenvalue weighted by Crippen LogP contribution is 2.31. The lowest BCUT2D eigenvalue weighted by molar-refractivity contribution is 0.0485. The summed E-state index contributed by atoms with van der Waals surface area (Å²) in [5, 5.41) is 13.6. The summed E-state index contributed by atoms with van der Waals surface area (Å²) in [4.78, 5) is 25.0. The first kappa shape index (κ1) is 16.8. The third-order valence-electron chi connectivity index (χ3n) is 4.06. The van der Waals surface area contributed by atoms with Crippen LogP contribution >= 0.6 is 0 Å².